The number of carbonyl (C=O) groups is 1. The van der Waals surface area contributed by atoms with Crippen molar-refractivity contribution in [1.29, 1.82) is 5.26 Å². The highest BCUT2D eigenvalue weighted by Gasteiger charge is 2.24. The van der Waals surface area contributed by atoms with Crippen LogP contribution in [-0.4, -0.2) is 25.3 Å². The topological polar surface area (TPSA) is 79.5 Å². The largest absolute Gasteiger partial charge is 0.493 e. The molecule has 2 aromatic carbocycles. The molecule has 0 aliphatic rings. The summed E-state index contributed by atoms with van der Waals surface area (Å²) < 4.78 is 10.7. The maximum absolute atomic E-state index is 11.1. The van der Waals surface area contributed by atoms with Crippen molar-refractivity contribution in [3.8, 4) is 17.6 Å². The van der Waals surface area contributed by atoms with Gasteiger partial charge >= 0.3 is 5.97 Å². The molecule has 1 atom stereocenters. The summed E-state index contributed by atoms with van der Waals surface area (Å²) in [5.41, 5.74) is 1.66. The highest BCUT2D eigenvalue weighted by molar-refractivity contribution is 6.30. The van der Waals surface area contributed by atoms with Gasteiger partial charge in [-0.1, -0.05) is 29.8 Å². The number of para-hydroxylation sites is 1. The Labute approximate surface area is 145 Å². The number of methoxy groups -OCH3 is 2. The molecule has 1 N–H and O–H groups in total. The van der Waals surface area contributed by atoms with Crippen molar-refractivity contribution < 1.29 is 19.4 Å². The van der Waals surface area contributed by atoms with Crippen molar-refractivity contribution in [2.75, 3.05) is 14.2 Å². The van der Waals surface area contributed by atoms with E-state index in [1.165, 1.54) is 14.2 Å². The van der Waals surface area contributed by atoms with E-state index in [-0.39, 0.29) is 6.42 Å². The summed E-state index contributed by atoms with van der Waals surface area (Å²) in [5.74, 6) is -0.777. The van der Waals surface area contributed by atoms with Gasteiger partial charge in [-0.2, -0.15) is 5.26 Å². The number of benzene rings is 2. The van der Waals surface area contributed by atoms with Gasteiger partial charge in [0.15, 0.2) is 11.5 Å². The molecule has 124 valence electrons. The standard InChI is InChI=1S/C18H16ClNO4/c1-23-16-5-3-4-13(18(16)24-2)15(10-20)14-9-12(19)7-6-11(14)8-17(21)22/h3-7,9,15H,8H2,1-2H3,(H,21,22). The quantitative estimate of drug-likeness (QED) is 0.864. The van der Waals surface area contributed by atoms with Crippen LogP contribution in [0.5, 0.6) is 11.5 Å². The molecule has 0 bridgehead atoms. The number of ether oxygens (including phenoxy) is 2. The van der Waals surface area contributed by atoms with Crippen LogP contribution in [0.25, 0.3) is 0 Å². The lowest BCUT2D eigenvalue weighted by Gasteiger charge is -2.19. The Balaban J connectivity index is 2.64. The predicted molar refractivity (Wildman–Crippen MR) is 89.8 cm³/mol. The summed E-state index contributed by atoms with van der Waals surface area (Å²) in [6.45, 7) is 0. The molecule has 2 rings (SSSR count). The number of hydrogen-bond acceptors (Lipinski definition) is 4. The van der Waals surface area contributed by atoms with Crippen LogP contribution in [0.3, 0.4) is 0 Å². The first-order valence-electron chi connectivity index (χ1n) is 7.12. The highest BCUT2D eigenvalue weighted by Crippen LogP contribution is 2.39. The average molecular weight is 346 g/mol. The second kappa shape index (κ2) is 7.71. The van der Waals surface area contributed by atoms with Gasteiger partial charge in [-0.15, -0.1) is 0 Å². The fourth-order valence-electron chi connectivity index (χ4n) is 2.60. The summed E-state index contributed by atoms with van der Waals surface area (Å²) in [7, 11) is 3.00. The Morgan fingerprint density at radius 2 is 2.00 bits per heavy atom. The molecule has 1 unspecified atom stereocenters. The van der Waals surface area contributed by atoms with Gasteiger partial charge in [0.05, 0.1) is 26.7 Å². The molecule has 0 aliphatic heterocycles. The van der Waals surface area contributed by atoms with Crippen molar-refractivity contribution in [3.63, 3.8) is 0 Å². The van der Waals surface area contributed by atoms with Gasteiger partial charge in [0, 0.05) is 10.6 Å². The van der Waals surface area contributed by atoms with E-state index in [9.17, 15) is 10.1 Å². The van der Waals surface area contributed by atoms with Crippen LogP contribution in [0.4, 0.5) is 0 Å². The van der Waals surface area contributed by atoms with Crippen LogP contribution in [-0.2, 0) is 11.2 Å². The SMILES string of the molecule is COc1cccc(C(C#N)c2cc(Cl)ccc2CC(=O)O)c1OC. The predicted octanol–water partition coefficient (Wildman–Crippen LogP) is 3.64. The van der Waals surface area contributed by atoms with Gasteiger partial charge in [0.25, 0.3) is 0 Å². The van der Waals surface area contributed by atoms with Gasteiger partial charge in [0.1, 0.15) is 5.92 Å². The molecular formula is C18H16ClNO4. The maximum Gasteiger partial charge on any atom is 0.307 e. The Hall–Kier alpha value is -2.71. The van der Waals surface area contributed by atoms with Crippen molar-refractivity contribution >= 4 is 17.6 Å². The Kier molecular flexibility index (Phi) is 5.67. The van der Waals surface area contributed by atoms with E-state index in [1.807, 2.05) is 0 Å². The van der Waals surface area contributed by atoms with Crippen LogP contribution < -0.4 is 9.47 Å². The van der Waals surface area contributed by atoms with Gasteiger partial charge in [0.2, 0.25) is 0 Å². The minimum atomic E-state index is -0.979. The Morgan fingerprint density at radius 3 is 2.58 bits per heavy atom. The first-order valence-corrected chi connectivity index (χ1v) is 7.50. The smallest absolute Gasteiger partial charge is 0.307 e. The average Bonchev–Trinajstić information content (AvgIpc) is 2.57. The number of nitriles is 1. The lowest BCUT2D eigenvalue weighted by molar-refractivity contribution is -0.136. The number of rotatable bonds is 6. The summed E-state index contributed by atoms with van der Waals surface area (Å²) in [6, 6.07) is 12.3. The summed E-state index contributed by atoms with van der Waals surface area (Å²) >= 11 is 6.06. The highest BCUT2D eigenvalue weighted by atomic mass is 35.5. The number of aliphatic carboxylic acids is 1. The van der Waals surface area contributed by atoms with Crippen LogP contribution in [0.1, 0.15) is 22.6 Å². The van der Waals surface area contributed by atoms with Crippen molar-refractivity contribution in [2.24, 2.45) is 0 Å². The van der Waals surface area contributed by atoms with Gasteiger partial charge in [-0.3, -0.25) is 4.79 Å². The van der Waals surface area contributed by atoms with Crippen LogP contribution >= 0.6 is 11.6 Å². The number of halogens is 1. The zero-order chi connectivity index (χ0) is 17.7. The third-order valence-corrected chi connectivity index (χ3v) is 3.87. The van der Waals surface area contributed by atoms with Crippen molar-refractivity contribution in [3.05, 3.63) is 58.1 Å². The second-order valence-electron chi connectivity index (χ2n) is 5.06. The molecule has 0 saturated carbocycles. The maximum atomic E-state index is 11.1. The normalized spacial score (nSPS) is 11.4. The van der Waals surface area contributed by atoms with Gasteiger partial charge in [-0.05, 0) is 29.3 Å². The lowest BCUT2D eigenvalue weighted by Crippen LogP contribution is -2.09. The van der Waals surface area contributed by atoms with Gasteiger partial charge < -0.3 is 14.6 Å². The van der Waals surface area contributed by atoms with E-state index >= 15 is 0 Å². The molecule has 2 aromatic rings. The van der Waals surface area contributed by atoms with E-state index in [0.717, 1.165) is 0 Å². The molecule has 0 spiro atoms. The van der Waals surface area contributed by atoms with Crippen LogP contribution in [0.15, 0.2) is 36.4 Å². The van der Waals surface area contributed by atoms with E-state index in [4.69, 9.17) is 26.2 Å². The second-order valence-corrected chi connectivity index (χ2v) is 5.49. The third kappa shape index (κ3) is 3.61. The monoisotopic (exact) mass is 345 g/mol. The molecule has 24 heavy (non-hydrogen) atoms. The zero-order valence-electron chi connectivity index (χ0n) is 13.2. The fraction of sp³-hybridized carbons (Fsp3) is 0.222. The Morgan fingerprint density at radius 1 is 1.25 bits per heavy atom. The summed E-state index contributed by atoms with van der Waals surface area (Å²) in [4.78, 5) is 11.1. The van der Waals surface area contributed by atoms with Crippen molar-refractivity contribution in [2.45, 2.75) is 12.3 Å². The number of carboxylic acids is 1. The number of carboxylic acid groups (broad SMARTS) is 1. The lowest BCUT2D eigenvalue weighted by atomic mass is 9.87. The minimum Gasteiger partial charge on any atom is -0.493 e. The van der Waals surface area contributed by atoms with E-state index in [2.05, 4.69) is 6.07 Å². The molecule has 0 aliphatic carbocycles. The summed E-state index contributed by atoms with van der Waals surface area (Å²) in [5, 5.41) is 19.3. The molecule has 0 saturated heterocycles. The van der Waals surface area contributed by atoms with Crippen LogP contribution in [0, 0.1) is 11.3 Å². The first kappa shape index (κ1) is 17.6. The molecule has 0 heterocycles. The number of nitrogens with zero attached hydrogens (tertiary/aromatic N) is 1. The van der Waals surface area contributed by atoms with Crippen LogP contribution in [0.2, 0.25) is 5.02 Å². The molecule has 0 radical (unpaired) electrons. The molecule has 0 aromatic heterocycles. The van der Waals surface area contributed by atoms with E-state index < -0.39 is 11.9 Å². The zero-order valence-corrected chi connectivity index (χ0v) is 14.0. The Bertz CT molecular complexity index is 798. The minimum absolute atomic E-state index is 0.197. The third-order valence-electron chi connectivity index (χ3n) is 3.63. The van der Waals surface area contributed by atoms with Crippen molar-refractivity contribution in [1.82, 2.24) is 0 Å². The summed E-state index contributed by atoms with van der Waals surface area (Å²) in [6.07, 6.45) is -0.197. The fourth-order valence-corrected chi connectivity index (χ4v) is 2.78. The van der Waals surface area contributed by atoms with E-state index in [1.54, 1.807) is 36.4 Å². The molecule has 0 amide bonds. The molecule has 0 fully saturated rings. The molecule has 6 heteroatoms. The van der Waals surface area contributed by atoms with E-state index in [0.29, 0.717) is 33.2 Å². The van der Waals surface area contributed by atoms with Gasteiger partial charge in [-0.25, -0.2) is 0 Å². The number of hydrogen-bond donors (Lipinski definition) is 1. The molecule has 5 nitrogen and oxygen atoms in total. The first-order chi connectivity index (χ1) is 11.5. The molecular weight excluding hydrogens is 330 g/mol.